The van der Waals surface area contributed by atoms with E-state index in [1.54, 1.807) is 19.2 Å². The summed E-state index contributed by atoms with van der Waals surface area (Å²) in [4.78, 5) is 13.0. The molecule has 0 saturated carbocycles. The number of aliphatic hydroxyl groups excluding tert-OH is 1. The van der Waals surface area contributed by atoms with Gasteiger partial charge in [-0.05, 0) is 12.1 Å². The molecule has 0 heterocycles. The maximum Gasteiger partial charge on any atom is 0.225 e. The third-order valence-corrected chi connectivity index (χ3v) is 2.58. The fourth-order valence-electron chi connectivity index (χ4n) is 1.28. The minimum absolute atomic E-state index is 0.0341. The van der Waals surface area contributed by atoms with Crippen molar-refractivity contribution in [3.8, 4) is 5.75 Å². The van der Waals surface area contributed by atoms with E-state index in [-0.39, 0.29) is 25.5 Å². The third kappa shape index (κ3) is 4.63. The van der Waals surface area contributed by atoms with Gasteiger partial charge >= 0.3 is 0 Å². The van der Waals surface area contributed by atoms with Gasteiger partial charge in [-0.2, -0.15) is 0 Å². The van der Waals surface area contributed by atoms with Crippen molar-refractivity contribution in [1.29, 1.82) is 0 Å². The van der Waals surface area contributed by atoms with Gasteiger partial charge in [0.25, 0.3) is 0 Å². The number of likely N-dealkylation sites (N-methyl/N-ethyl adjacent to an activating group) is 1. The molecule has 0 unspecified atom stereocenters. The Morgan fingerprint density at radius 1 is 1.47 bits per heavy atom. The highest BCUT2D eigenvalue weighted by atomic mass is 35.5. The molecule has 1 rings (SSSR count). The van der Waals surface area contributed by atoms with Gasteiger partial charge in [0.2, 0.25) is 5.91 Å². The summed E-state index contributed by atoms with van der Waals surface area (Å²) in [5.74, 6) is 0.512. The predicted octanol–water partition coefficient (Wildman–Crippen LogP) is 1.56. The van der Waals surface area contributed by atoms with Crippen LogP contribution in [0.15, 0.2) is 24.3 Å². The Balaban J connectivity index is 2.33. The fraction of sp³-hybridized carbons (Fsp3) is 0.417. The van der Waals surface area contributed by atoms with Gasteiger partial charge in [-0.25, -0.2) is 0 Å². The van der Waals surface area contributed by atoms with E-state index < -0.39 is 0 Å². The zero-order chi connectivity index (χ0) is 12.7. The van der Waals surface area contributed by atoms with Gasteiger partial charge in [-0.1, -0.05) is 23.7 Å². The molecule has 0 spiro atoms. The molecule has 1 N–H and O–H groups in total. The molecule has 0 aromatic heterocycles. The van der Waals surface area contributed by atoms with Gasteiger partial charge in [0.1, 0.15) is 5.75 Å². The number of carbonyl (C=O) groups is 1. The molecule has 94 valence electrons. The van der Waals surface area contributed by atoms with Crippen molar-refractivity contribution in [2.45, 2.75) is 6.42 Å². The number of nitrogens with zero attached hydrogens (tertiary/aromatic N) is 1. The molecule has 5 heteroatoms. The van der Waals surface area contributed by atoms with Crippen LogP contribution in [0.1, 0.15) is 6.42 Å². The molecule has 0 saturated heterocycles. The Morgan fingerprint density at radius 2 is 2.18 bits per heavy atom. The van der Waals surface area contributed by atoms with Crippen molar-refractivity contribution in [3.63, 3.8) is 0 Å². The summed E-state index contributed by atoms with van der Waals surface area (Å²) in [6.45, 7) is 0.580. The fourth-order valence-corrected chi connectivity index (χ4v) is 1.47. The van der Waals surface area contributed by atoms with Gasteiger partial charge < -0.3 is 14.7 Å². The molecule has 0 radical (unpaired) electrons. The number of ether oxygens (including phenoxy) is 1. The van der Waals surface area contributed by atoms with Crippen LogP contribution in [0.3, 0.4) is 0 Å². The summed E-state index contributed by atoms with van der Waals surface area (Å²) in [6.07, 6.45) is 0.266. The van der Waals surface area contributed by atoms with E-state index in [2.05, 4.69) is 0 Å². The van der Waals surface area contributed by atoms with E-state index in [4.69, 9.17) is 21.4 Å². The van der Waals surface area contributed by atoms with Crippen molar-refractivity contribution in [3.05, 3.63) is 29.3 Å². The molecular weight excluding hydrogens is 242 g/mol. The highest BCUT2D eigenvalue weighted by Gasteiger charge is 2.08. The lowest BCUT2D eigenvalue weighted by atomic mass is 10.3. The Morgan fingerprint density at radius 3 is 2.82 bits per heavy atom. The number of amides is 1. The van der Waals surface area contributed by atoms with Crippen LogP contribution in [0.5, 0.6) is 5.75 Å². The summed E-state index contributed by atoms with van der Waals surface area (Å²) in [5.41, 5.74) is 0. The van der Waals surface area contributed by atoms with Crippen LogP contribution in [-0.2, 0) is 4.79 Å². The van der Waals surface area contributed by atoms with Crippen LogP contribution in [0.25, 0.3) is 0 Å². The maximum absolute atomic E-state index is 11.5. The lowest BCUT2D eigenvalue weighted by molar-refractivity contribution is -0.130. The average Bonchev–Trinajstić information content (AvgIpc) is 2.31. The zero-order valence-corrected chi connectivity index (χ0v) is 10.5. The summed E-state index contributed by atoms with van der Waals surface area (Å²) >= 11 is 5.90. The van der Waals surface area contributed by atoms with Crippen LogP contribution >= 0.6 is 11.6 Å². The molecule has 0 aliphatic carbocycles. The second kappa shape index (κ2) is 7.14. The Bertz CT molecular complexity index is 371. The number of aliphatic hydroxyl groups is 1. The predicted molar refractivity (Wildman–Crippen MR) is 66.3 cm³/mol. The van der Waals surface area contributed by atoms with Gasteiger partial charge in [-0.3, -0.25) is 4.79 Å². The molecule has 1 aromatic rings. The van der Waals surface area contributed by atoms with Gasteiger partial charge in [0, 0.05) is 13.6 Å². The van der Waals surface area contributed by atoms with Crippen LogP contribution in [0.4, 0.5) is 0 Å². The second-order valence-corrected chi connectivity index (χ2v) is 3.97. The zero-order valence-electron chi connectivity index (χ0n) is 9.73. The molecule has 1 aromatic carbocycles. The molecule has 4 nitrogen and oxygen atoms in total. The number of rotatable bonds is 6. The lowest BCUT2D eigenvalue weighted by Gasteiger charge is -2.15. The molecule has 1 amide bonds. The van der Waals surface area contributed by atoms with Crippen LogP contribution in [0.2, 0.25) is 5.02 Å². The Labute approximate surface area is 106 Å². The standard InChI is InChI=1S/C12H16ClNO3/c1-14(7-8-15)12(16)6-9-17-11-5-3-2-4-10(11)13/h2-5,15H,6-9H2,1H3. The SMILES string of the molecule is CN(CCO)C(=O)CCOc1ccccc1Cl. The second-order valence-electron chi connectivity index (χ2n) is 3.57. The van der Waals surface area contributed by atoms with E-state index in [9.17, 15) is 4.79 Å². The molecule has 0 bridgehead atoms. The summed E-state index contributed by atoms with van der Waals surface area (Å²) in [7, 11) is 1.65. The van der Waals surface area contributed by atoms with Crippen LogP contribution in [0, 0.1) is 0 Å². The van der Waals surface area contributed by atoms with Crippen molar-refractivity contribution in [1.82, 2.24) is 4.90 Å². The molecule has 0 aliphatic rings. The summed E-state index contributed by atoms with van der Waals surface area (Å²) in [6, 6.07) is 7.12. The first-order chi connectivity index (χ1) is 8.15. The number of hydrogen-bond donors (Lipinski definition) is 1. The van der Waals surface area contributed by atoms with Crippen LogP contribution < -0.4 is 4.74 Å². The monoisotopic (exact) mass is 257 g/mol. The molecule has 0 fully saturated rings. The van der Waals surface area contributed by atoms with Gasteiger partial charge in [-0.15, -0.1) is 0 Å². The molecule has 17 heavy (non-hydrogen) atoms. The van der Waals surface area contributed by atoms with E-state index in [0.717, 1.165) is 0 Å². The molecular formula is C12H16ClNO3. The molecule has 0 atom stereocenters. The number of para-hydroxylation sites is 1. The van der Waals surface area contributed by atoms with Gasteiger partial charge in [0.05, 0.1) is 24.7 Å². The average molecular weight is 258 g/mol. The third-order valence-electron chi connectivity index (χ3n) is 2.27. The van der Waals surface area contributed by atoms with E-state index in [1.165, 1.54) is 4.90 Å². The largest absolute Gasteiger partial charge is 0.491 e. The van der Waals surface area contributed by atoms with Crippen molar-refractivity contribution >= 4 is 17.5 Å². The number of hydrogen-bond acceptors (Lipinski definition) is 3. The van der Waals surface area contributed by atoms with E-state index >= 15 is 0 Å². The topological polar surface area (TPSA) is 49.8 Å². The summed E-state index contributed by atoms with van der Waals surface area (Å²) in [5, 5.41) is 9.21. The van der Waals surface area contributed by atoms with E-state index in [0.29, 0.717) is 17.3 Å². The Hall–Kier alpha value is -1.26. The first-order valence-corrected chi connectivity index (χ1v) is 5.75. The minimum atomic E-state index is -0.0638. The number of benzene rings is 1. The smallest absolute Gasteiger partial charge is 0.225 e. The molecule has 0 aliphatic heterocycles. The highest BCUT2D eigenvalue weighted by molar-refractivity contribution is 6.32. The quantitative estimate of drug-likeness (QED) is 0.841. The first-order valence-electron chi connectivity index (χ1n) is 5.37. The van der Waals surface area contributed by atoms with E-state index in [1.807, 2.05) is 12.1 Å². The minimum Gasteiger partial charge on any atom is -0.491 e. The highest BCUT2D eigenvalue weighted by Crippen LogP contribution is 2.23. The van der Waals surface area contributed by atoms with Crippen molar-refractivity contribution in [2.75, 3.05) is 26.8 Å². The normalized spacial score (nSPS) is 10.1. The lowest BCUT2D eigenvalue weighted by Crippen LogP contribution is -2.30. The van der Waals surface area contributed by atoms with Crippen molar-refractivity contribution < 1.29 is 14.6 Å². The van der Waals surface area contributed by atoms with Crippen molar-refractivity contribution in [2.24, 2.45) is 0 Å². The number of halogens is 1. The van der Waals surface area contributed by atoms with Crippen LogP contribution in [-0.4, -0.2) is 42.7 Å². The van der Waals surface area contributed by atoms with Gasteiger partial charge in [0.15, 0.2) is 0 Å². The first kappa shape index (κ1) is 13.8. The summed E-state index contributed by atoms with van der Waals surface area (Å²) < 4.78 is 5.39. The Kier molecular flexibility index (Phi) is 5.80. The maximum atomic E-state index is 11.5. The number of carbonyl (C=O) groups excluding carboxylic acids is 1.